The summed E-state index contributed by atoms with van der Waals surface area (Å²) in [4.78, 5) is 4.67. The topological polar surface area (TPSA) is 30.3 Å². The Labute approximate surface area is 103 Å². The second-order valence-corrected chi connectivity index (χ2v) is 4.70. The quantitative estimate of drug-likeness (QED) is 0.738. The summed E-state index contributed by atoms with van der Waals surface area (Å²) in [7, 11) is 0. The van der Waals surface area contributed by atoms with E-state index in [1.807, 2.05) is 0 Å². The zero-order valence-electron chi connectivity index (χ0n) is 10.4. The van der Waals surface area contributed by atoms with Gasteiger partial charge in [0.05, 0.1) is 12.6 Å². The van der Waals surface area contributed by atoms with Gasteiger partial charge in [-0.3, -0.25) is 9.80 Å². The Bertz CT molecular complexity index is 383. The third-order valence-corrected chi connectivity index (χ3v) is 3.29. The summed E-state index contributed by atoms with van der Waals surface area (Å²) in [5, 5.41) is 8.64. The Balaban J connectivity index is 1.82. The van der Waals surface area contributed by atoms with Crippen molar-refractivity contribution < 1.29 is 0 Å². The van der Waals surface area contributed by atoms with Gasteiger partial charge in [-0.15, -0.1) is 0 Å². The standard InChI is InChI=1S/C14H19N3/c1-13-2-4-14(5-3-13)12-17-10-8-16(7-6-15)9-11-17/h2-5H,7-12H2,1H3. The van der Waals surface area contributed by atoms with Crippen LogP contribution >= 0.6 is 0 Å². The van der Waals surface area contributed by atoms with E-state index in [-0.39, 0.29) is 0 Å². The number of nitriles is 1. The van der Waals surface area contributed by atoms with E-state index in [2.05, 4.69) is 47.1 Å². The Hall–Kier alpha value is -1.37. The van der Waals surface area contributed by atoms with Crippen molar-refractivity contribution in [3.8, 4) is 6.07 Å². The van der Waals surface area contributed by atoms with Gasteiger partial charge in [-0.1, -0.05) is 29.8 Å². The van der Waals surface area contributed by atoms with Crippen LogP contribution in [0.5, 0.6) is 0 Å². The molecule has 0 saturated carbocycles. The van der Waals surface area contributed by atoms with Gasteiger partial charge in [-0.25, -0.2) is 0 Å². The fraction of sp³-hybridized carbons (Fsp3) is 0.500. The minimum absolute atomic E-state index is 0.568. The van der Waals surface area contributed by atoms with Crippen LogP contribution < -0.4 is 0 Å². The summed E-state index contributed by atoms with van der Waals surface area (Å²) in [6.45, 7) is 7.87. The fourth-order valence-electron chi connectivity index (χ4n) is 2.16. The molecule has 0 N–H and O–H groups in total. The lowest BCUT2D eigenvalue weighted by Crippen LogP contribution is -2.45. The van der Waals surface area contributed by atoms with E-state index in [1.54, 1.807) is 0 Å². The zero-order chi connectivity index (χ0) is 12.1. The molecule has 0 amide bonds. The number of benzene rings is 1. The summed E-state index contributed by atoms with van der Waals surface area (Å²) in [5.74, 6) is 0. The van der Waals surface area contributed by atoms with E-state index >= 15 is 0 Å². The summed E-state index contributed by atoms with van der Waals surface area (Å²) in [6, 6.07) is 11.0. The van der Waals surface area contributed by atoms with Crippen molar-refractivity contribution in [1.29, 1.82) is 5.26 Å². The lowest BCUT2D eigenvalue weighted by atomic mass is 10.1. The molecule has 0 unspecified atom stereocenters. The number of hydrogen-bond donors (Lipinski definition) is 0. The normalized spacial score (nSPS) is 17.9. The van der Waals surface area contributed by atoms with Crippen molar-refractivity contribution in [3.63, 3.8) is 0 Å². The predicted molar refractivity (Wildman–Crippen MR) is 68.5 cm³/mol. The zero-order valence-corrected chi connectivity index (χ0v) is 10.4. The average Bonchev–Trinajstić information content (AvgIpc) is 2.35. The largest absolute Gasteiger partial charge is 0.297 e. The highest BCUT2D eigenvalue weighted by Crippen LogP contribution is 2.09. The molecule has 0 radical (unpaired) electrons. The highest BCUT2D eigenvalue weighted by atomic mass is 15.3. The van der Waals surface area contributed by atoms with Crippen LogP contribution in [0.3, 0.4) is 0 Å². The minimum atomic E-state index is 0.568. The second-order valence-electron chi connectivity index (χ2n) is 4.70. The third kappa shape index (κ3) is 3.55. The number of aryl methyl sites for hydroxylation is 1. The van der Waals surface area contributed by atoms with Crippen LogP contribution in [0.15, 0.2) is 24.3 Å². The van der Waals surface area contributed by atoms with Crippen molar-refractivity contribution in [2.45, 2.75) is 13.5 Å². The third-order valence-electron chi connectivity index (χ3n) is 3.29. The van der Waals surface area contributed by atoms with E-state index in [0.717, 1.165) is 32.7 Å². The van der Waals surface area contributed by atoms with Crippen molar-refractivity contribution >= 4 is 0 Å². The lowest BCUT2D eigenvalue weighted by Gasteiger charge is -2.33. The van der Waals surface area contributed by atoms with Gasteiger partial charge in [0.2, 0.25) is 0 Å². The Morgan fingerprint density at radius 1 is 1.06 bits per heavy atom. The second kappa shape index (κ2) is 5.81. The van der Waals surface area contributed by atoms with E-state index in [4.69, 9.17) is 5.26 Å². The summed E-state index contributed by atoms with van der Waals surface area (Å²) in [6.07, 6.45) is 0. The van der Waals surface area contributed by atoms with E-state index in [0.29, 0.717) is 6.54 Å². The minimum Gasteiger partial charge on any atom is -0.297 e. The van der Waals surface area contributed by atoms with E-state index in [1.165, 1.54) is 11.1 Å². The molecule has 1 saturated heterocycles. The summed E-state index contributed by atoms with van der Waals surface area (Å²) >= 11 is 0. The first-order chi connectivity index (χ1) is 8.28. The molecule has 1 aromatic rings. The van der Waals surface area contributed by atoms with Gasteiger partial charge in [-0.2, -0.15) is 5.26 Å². The fourth-order valence-corrected chi connectivity index (χ4v) is 2.16. The number of nitrogens with zero attached hydrogens (tertiary/aromatic N) is 3. The van der Waals surface area contributed by atoms with Gasteiger partial charge >= 0.3 is 0 Å². The lowest BCUT2D eigenvalue weighted by molar-refractivity contribution is 0.138. The number of rotatable bonds is 3. The maximum Gasteiger partial charge on any atom is 0.0866 e. The number of piperazine rings is 1. The molecule has 1 aliphatic rings. The molecule has 0 bridgehead atoms. The molecule has 1 aliphatic heterocycles. The van der Waals surface area contributed by atoms with Gasteiger partial charge in [-0.05, 0) is 12.5 Å². The van der Waals surface area contributed by atoms with Crippen LogP contribution in [-0.2, 0) is 6.54 Å². The Kier molecular flexibility index (Phi) is 4.13. The molecular weight excluding hydrogens is 210 g/mol. The molecule has 1 aromatic carbocycles. The van der Waals surface area contributed by atoms with Crippen molar-refractivity contribution in [1.82, 2.24) is 9.80 Å². The van der Waals surface area contributed by atoms with Gasteiger partial charge in [0, 0.05) is 32.7 Å². The summed E-state index contributed by atoms with van der Waals surface area (Å²) in [5.41, 5.74) is 2.69. The molecule has 3 heteroatoms. The molecule has 0 atom stereocenters. The van der Waals surface area contributed by atoms with Crippen LogP contribution in [0.1, 0.15) is 11.1 Å². The van der Waals surface area contributed by atoms with Gasteiger partial charge in [0.25, 0.3) is 0 Å². The van der Waals surface area contributed by atoms with E-state index < -0.39 is 0 Å². The van der Waals surface area contributed by atoms with Crippen LogP contribution in [0.4, 0.5) is 0 Å². The molecular formula is C14H19N3. The van der Waals surface area contributed by atoms with Crippen LogP contribution in [0.25, 0.3) is 0 Å². The van der Waals surface area contributed by atoms with E-state index in [9.17, 15) is 0 Å². The van der Waals surface area contributed by atoms with Crippen LogP contribution in [0.2, 0.25) is 0 Å². The van der Waals surface area contributed by atoms with Gasteiger partial charge in [0.1, 0.15) is 0 Å². The van der Waals surface area contributed by atoms with Gasteiger partial charge in [0.15, 0.2) is 0 Å². The van der Waals surface area contributed by atoms with Crippen molar-refractivity contribution in [3.05, 3.63) is 35.4 Å². The van der Waals surface area contributed by atoms with Crippen LogP contribution in [-0.4, -0.2) is 42.5 Å². The number of hydrogen-bond acceptors (Lipinski definition) is 3. The molecule has 0 aromatic heterocycles. The Morgan fingerprint density at radius 3 is 2.24 bits per heavy atom. The molecule has 0 spiro atoms. The average molecular weight is 229 g/mol. The van der Waals surface area contributed by atoms with Crippen molar-refractivity contribution in [2.75, 3.05) is 32.7 Å². The highest BCUT2D eigenvalue weighted by molar-refractivity contribution is 5.21. The summed E-state index contributed by atoms with van der Waals surface area (Å²) < 4.78 is 0. The predicted octanol–water partition coefficient (Wildman–Crippen LogP) is 1.64. The first kappa shape index (κ1) is 12.1. The molecule has 1 heterocycles. The van der Waals surface area contributed by atoms with Crippen LogP contribution in [0, 0.1) is 18.3 Å². The van der Waals surface area contributed by atoms with Crippen molar-refractivity contribution in [2.24, 2.45) is 0 Å². The highest BCUT2D eigenvalue weighted by Gasteiger charge is 2.16. The maximum absolute atomic E-state index is 8.64. The molecule has 0 aliphatic carbocycles. The first-order valence-electron chi connectivity index (χ1n) is 6.15. The molecule has 17 heavy (non-hydrogen) atoms. The SMILES string of the molecule is Cc1ccc(CN2CCN(CC#N)CC2)cc1. The molecule has 3 nitrogen and oxygen atoms in total. The molecule has 90 valence electrons. The Morgan fingerprint density at radius 2 is 1.65 bits per heavy atom. The molecule has 2 rings (SSSR count). The maximum atomic E-state index is 8.64. The monoisotopic (exact) mass is 229 g/mol. The van der Waals surface area contributed by atoms with Gasteiger partial charge < -0.3 is 0 Å². The molecule has 1 fully saturated rings. The smallest absolute Gasteiger partial charge is 0.0866 e. The first-order valence-corrected chi connectivity index (χ1v) is 6.15.